The SMILES string of the molecule is C(=CC1CCC(N(C2CCC(C=CC3CCCCC3)CC2)C2CCC(C3CCC(N(C4CCC(C=CC5CCCCC5)CC4)C4CCC(CCC5CCCCC5)CC4)CC3)CC2)CC1)C1CCCCC1. The van der Waals surface area contributed by atoms with E-state index in [0.717, 1.165) is 95.4 Å². The Balaban J connectivity index is 0.730. The molecule has 396 valence electrons. The molecule has 0 N–H and O–H groups in total. The zero-order valence-electron chi connectivity index (χ0n) is 46.1. The minimum absolute atomic E-state index is 0.858. The van der Waals surface area contributed by atoms with Gasteiger partial charge < -0.3 is 0 Å². The Bertz CT molecular complexity index is 1460. The van der Waals surface area contributed by atoms with E-state index in [-0.39, 0.29) is 0 Å². The molecule has 0 spiro atoms. The highest BCUT2D eigenvalue weighted by molar-refractivity contribution is 5.03. The fourth-order valence-corrected chi connectivity index (χ4v) is 18.9. The van der Waals surface area contributed by atoms with E-state index in [0.29, 0.717) is 0 Å². The van der Waals surface area contributed by atoms with Crippen LogP contribution < -0.4 is 0 Å². The van der Waals surface area contributed by atoms with Gasteiger partial charge in [0, 0.05) is 36.3 Å². The summed E-state index contributed by atoms with van der Waals surface area (Å²) in [5.41, 5.74) is 0. The highest BCUT2D eigenvalue weighted by Crippen LogP contribution is 2.47. The molecule has 0 aromatic heterocycles. The lowest BCUT2D eigenvalue weighted by Gasteiger charge is -2.51. The molecule has 10 aliphatic carbocycles. The zero-order valence-corrected chi connectivity index (χ0v) is 46.1. The van der Waals surface area contributed by atoms with Gasteiger partial charge in [-0.15, -0.1) is 0 Å². The molecule has 2 heteroatoms. The van der Waals surface area contributed by atoms with Crippen LogP contribution in [0.15, 0.2) is 36.5 Å². The Labute approximate surface area is 435 Å². The van der Waals surface area contributed by atoms with Gasteiger partial charge in [-0.3, -0.25) is 9.80 Å². The molecule has 10 fully saturated rings. The largest absolute Gasteiger partial charge is 0.294 e. The minimum Gasteiger partial charge on any atom is -0.294 e. The van der Waals surface area contributed by atoms with E-state index in [4.69, 9.17) is 0 Å². The van der Waals surface area contributed by atoms with Crippen LogP contribution in [0.4, 0.5) is 0 Å². The summed E-state index contributed by atoms with van der Waals surface area (Å²) in [7, 11) is 0. The molecule has 0 saturated heterocycles. The Morgan fingerprint density at radius 1 is 0.200 bits per heavy atom. The molecular formula is C68H114N2. The third-order valence-corrected chi connectivity index (χ3v) is 23.3. The normalized spacial score (nSPS) is 39.2. The van der Waals surface area contributed by atoms with Crippen molar-refractivity contribution in [1.29, 1.82) is 0 Å². The van der Waals surface area contributed by atoms with Gasteiger partial charge in [-0.2, -0.15) is 0 Å². The lowest BCUT2D eigenvalue weighted by Crippen LogP contribution is -2.53. The van der Waals surface area contributed by atoms with E-state index in [1.807, 2.05) is 0 Å². The number of hydrogen-bond donors (Lipinski definition) is 0. The van der Waals surface area contributed by atoms with E-state index in [1.54, 1.807) is 64.2 Å². The van der Waals surface area contributed by atoms with Crippen molar-refractivity contribution in [3.63, 3.8) is 0 Å². The third kappa shape index (κ3) is 15.2. The molecular weight excluding hydrogens is 845 g/mol. The van der Waals surface area contributed by atoms with Crippen molar-refractivity contribution in [3.05, 3.63) is 36.5 Å². The zero-order chi connectivity index (χ0) is 47.2. The average molecular weight is 960 g/mol. The van der Waals surface area contributed by atoms with Crippen molar-refractivity contribution in [2.45, 2.75) is 332 Å². The van der Waals surface area contributed by atoms with Crippen molar-refractivity contribution < 1.29 is 0 Å². The third-order valence-electron chi connectivity index (χ3n) is 23.3. The molecule has 0 atom stereocenters. The van der Waals surface area contributed by atoms with Gasteiger partial charge in [0.05, 0.1) is 0 Å². The molecule has 10 saturated carbocycles. The van der Waals surface area contributed by atoms with E-state index < -0.39 is 0 Å². The molecule has 0 aromatic rings. The molecule has 70 heavy (non-hydrogen) atoms. The summed E-state index contributed by atoms with van der Waals surface area (Å²) in [6.45, 7) is 0. The van der Waals surface area contributed by atoms with E-state index >= 15 is 0 Å². The first-order valence-electron chi connectivity index (χ1n) is 33.3. The molecule has 0 aliphatic heterocycles. The molecule has 0 radical (unpaired) electrons. The van der Waals surface area contributed by atoms with Gasteiger partial charge in [0.25, 0.3) is 0 Å². The van der Waals surface area contributed by atoms with Gasteiger partial charge in [0.2, 0.25) is 0 Å². The molecule has 2 nitrogen and oxygen atoms in total. The molecule has 10 rings (SSSR count). The number of hydrogen-bond acceptors (Lipinski definition) is 2. The summed E-state index contributed by atoms with van der Waals surface area (Å²) in [5, 5.41) is 0. The Kier molecular flexibility index (Phi) is 20.9. The summed E-state index contributed by atoms with van der Waals surface area (Å²) in [5.74, 6) is 9.39. The number of nitrogens with zero attached hydrogens (tertiary/aromatic N) is 2. The second-order valence-corrected chi connectivity index (χ2v) is 27.8. The van der Waals surface area contributed by atoms with Crippen molar-refractivity contribution in [3.8, 4) is 0 Å². The standard InChI is InChI=1S/C68H114N2/c1-5-13-53(14-6-1)21-25-57-29-41-63(42-30-57)69(64-43-31-58(32-44-64)26-22-54-15-7-2-8-16-54)67-49-37-61(38-50-67)62-39-51-68(52-40-62)70(65-45-33-59(34-46-65)27-23-55-17-9-3-10-18-55)66-47-35-60(36-48-66)28-24-56-19-11-4-12-20-56/h21-23,25-27,53-68H,1-20,24,28-52H2. The highest BCUT2D eigenvalue weighted by atomic mass is 15.2. The molecule has 0 amide bonds. The van der Waals surface area contributed by atoms with Crippen LogP contribution >= 0.6 is 0 Å². The summed E-state index contributed by atoms with van der Waals surface area (Å²) in [4.78, 5) is 6.63. The van der Waals surface area contributed by atoms with E-state index in [1.165, 1.54) is 231 Å². The predicted molar refractivity (Wildman–Crippen MR) is 301 cm³/mol. The Morgan fingerprint density at radius 3 is 0.700 bits per heavy atom. The van der Waals surface area contributed by atoms with Crippen molar-refractivity contribution in [2.24, 2.45) is 59.2 Å². The quantitative estimate of drug-likeness (QED) is 0.142. The highest BCUT2D eigenvalue weighted by Gasteiger charge is 2.42. The van der Waals surface area contributed by atoms with Crippen LogP contribution in [0.3, 0.4) is 0 Å². The van der Waals surface area contributed by atoms with Crippen molar-refractivity contribution >= 4 is 0 Å². The van der Waals surface area contributed by atoms with Gasteiger partial charge in [-0.05, 0) is 252 Å². The first-order valence-corrected chi connectivity index (χ1v) is 33.3. The fraction of sp³-hybridized carbons (Fsp3) is 0.912. The van der Waals surface area contributed by atoms with Crippen LogP contribution in [0.2, 0.25) is 0 Å². The Morgan fingerprint density at radius 2 is 0.414 bits per heavy atom. The van der Waals surface area contributed by atoms with Gasteiger partial charge in [-0.25, -0.2) is 0 Å². The van der Waals surface area contributed by atoms with E-state index in [9.17, 15) is 0 Å². The maximum Gasteiger partial charge on any atom is 0.0102 e. The molecule has 10 aliphatic rings. The first-order chi connectivity index (χ1) is 34.7. The van der Waals surface area contributed by atoms with Crippen LogP contribution in [0.25, 0.3) is 0 Å². The lowest BCUT2D eigenvalue weighted by atomic mass is 9.69. The minimum atomic E-state index is 0.858. The summed E-state index contributed by atoms with van der Waals surface area (Å²) < 4.78 is 0. The van der Waals surface area contributed by atoms with Crippen molar-refractivity contribution in [2.75, 3.05) is 0 Å². The van der Waals surface area contributed by atoms with Crippen LogP contribution in [0.1, 0.15) is 295 Å². The Hall–Kier alpha value is -0.860. The van der Waals surface area contributed by atoms with Crippen LogP contribution in [0.5, 0.6) is 0 Å². The summed E-state index contributed by atoms with van der Waals surface area (Å²) in [6, 6.07) is 5.23. The average Bonchev–Trinajstić information content (AvgIpc) is 3.44. The monoisotopic (exact) mass is 959 g/mol. The smallest absolute Gasteiger partial charge is 0.0102 e. The first kappa shape index (κ1) is 52.6. The summed E-state index contributed by atoms with van der Waals surface area (Å²) >= 11 is 0. The summed E-state index contributed by atoms with van der Waals surface area (Å²) in [6.07, 6.45) is 85.1. The molecule has 0 bridgehead atoms. The molecule has 0 heterocycles. The molecule has 0 unspecified atom stereocenters. The fourth-order valence-electron chi connectivity index (χ4n) is 18.9. The van der Waals surface area contributed by atoms with Gasteiger partial charge >= 0.3 is 0 Å². The van der Waals surface area contributed by atoms with E-state index in [2.05, 4.69) is 46.3 Å². The number of rotatable bonds is 16. The van der Waals surface area contributed by atoms with Crippen LogP contribution in [0, 0.1) is 59.2 Å². The topological polar surface area (TPSA) is 6.48 Å². The van der Waals surface area contributed by atoms with Crippen LogP contribution in [-0.4, -0.2) is 46.1 Å². The van der Waals surface area contributed by atoms with Crippen molar-refractivity contribution in [1.82, 2.24) is 9.80 Å². The maximum absolute atomic E-state index is 3.32. The molecule has 0 aromatic carbocycles. The lowest BCUT2D eigenvalue weighted by molar-refractivity contribution is -0.0114. The predicted octanol–water partition coefficient (Wildman–Crippen LogP) is 19.7. The second-order valence-electron chi connectivity index (χ2n) is 27.8. The maximum atomic E-state index is 3.32. The number of allylic oxidation sites excluding steroid dienone is 6. The van der Waals surface area contributed by atoms with Crippen LogP contribution in [-0.2, 0) is 0 Å². The van der Waals surface area contributed by atoms with Gasteiger partial charge in [0.15, 0.2) is 0 Å². The second kappa shape index (κ2) is 27.8. The van der Waals surface area contributed by atoms with Gasteiger partial charge in [-0.1, -0.05) is 139 Å². The van der Waals surface area contributed by atoms with Gasteiger partial charge in [0.1, 0.15) is 0 Å².